The van der Waals surface area contributed by atoms with Crippen molar-refractivity contribution in [1.82, 2.24) is 24.9 Å². The van der Waals surface area contributed by atoms with E-state index in [1.54, 1.807) is 6.07 Å². The highest BCUT2D eigenvalue weighted by atomic mass is 16.5. The Morgan fingerprint density at radius 2 is 2.15 bits per heavy atom. The van der Waals surface area contributed by atoms with Gasteiger partial charge in [-0.2, -0.15) is 0 Å². The van der Waals surface area contributed by atoms with Gasteiger partial charge in [0.2, 0.25) is 0 Å². The summed E-state index contributed by atoms with van der Waals surface area (Å²) < 4.78 is 7.20. The molecule has 134 valence electrons. The molecule has 1 fully saturated rings. The number of likely N-dealkylation sites (tertiary alicyclic amines) is 1. The SMILES string of the molecule is CCOCc1cn(C2CCN(C(=O)c3ccc4ccccc4n3)C2)nn1. The van der Waals surface area contributed by atoms with Crippen molar-refractivity contribution in [3.05, 3.63) is 54.0 Å². The Kier molecular flexibility index (Phi) is 4.62. The van der Waals surface area contributed by atoms with E-state index in [9.17, 15) is 4.79 Å². The van der Waals surface area contributed by atoms with Gasteiger partial charge in [0.05, 0.1) is 24.4 Å². The van der Waals surface area contributed by atoms with E-state index in [-0.39, 0.29) is 11.9 Å². The van der Waals surface area contributed by atoms with E-state index in [2.05, 4.69) is 15.3 Å². The molecule has 1 amide bonds. The Morgan fingerprint density at radius 1 is 1.27 bits per heavy atom. The average molecular weight is 351 g/mol. The van der Waals surface area contributed by atoms with Crippen LogP contribution < -0.4 is 0 Å². The smallest absolute Gasteiger partial charge is 0.272 e. The van der Waals surface area contributed by atoms with Crippen LogP contribution in [-0.4, -0.2) is 50.5 Å². The van der Waals surface area contributed by atoms with E-state index in [4.69, 9.17) is 4.74 Å². The molecule has 0 aliphatic carbocycles. The number of nitrogens with zero attached hydrogens (tertiary/aromatic N) is 5. The molecule has 0 spiro atoms. The zero-order chi connectivity index (χ0) is 17.9. The molecule has 0 bridgehead atoms. The highest BCUT2D eigenvalue weighted by Gasteiger charge is 2.29. The summed E-state index contributed by atoms with van der Waals surface area (Å²) in [6.07, 6.45) is 2.76. The first-order valence-electron chi connectivity index (χ1n) is 8.88. The van der Waals surface area contributed by atoms with Crippen LogP contribution in [0.4, 0.5) is 0 Å². The minimum Gasteiger partial charge on any atom is -0.375 e. The minimum atomic E-state index is -0.0343. The van der Waals surface area contributed by atoms with Crippen molar-refractivity contribution in [3.63, 3.8) is 0 Å². The summed E-state index contributed by atoms with van der Waals surface area (Å²) in [5, 5.41) is 9.36. The fraction of sp³-hybridized carbons (Fsp3) is 0.368. The van der Waals surface area contributed by atoms with Crippen LogP contribution in [0.15, 0.2) is 42.6 Å². The summed E-state index contributed by atoms with van der Waals surface area (Å²) in [6, 6.07) is 11.7. The maximum absolute atomic E-state index is 12.8. The zero-order valence-electron chi connectivity index (χ0n) is 14.7. The first-order valence-corrected chi connectivity index (χ1v) is 8.88. The number of hydrogen-bond donors (Lipinski definition) is 0. The number of amides is 1. The Labute approximate surface area is 151 Å². The van der Waals surface area contributed by atoms with Gasteiger partial charge in [-0.1, -0.05) is 29.5 Å². The van der Waals surface area contributed by atoms with Crippen molar-refractivity contribution in [1.29, 1.82) is 0 Å². The number of pyridine rings is 1. The predicted molar refractivity (Wildman–Crippen MR) is 96.7 cm³/mol. The Bertz CT molecular complexity index is 923. The first-order chi connectivity index (χ1) is 12.7. The molecule has 3 aromatic rings. The molecule has 0 saturated carbocycles. The number of hydrogen-bond acceptors (Lipinski definition) is 5. The number of carbonyl (C=O) groups is 1. The molecule has 1 aromatic carbocycles. The summed E-state index contributed by atoms with van der Waals surface area (Å²) in [4.78, 5) is 19.2. The number of ether oxygens (including phenoxy) is 1. The van der Waals surface area contributed by atoms with Crippen molar-refractivity contribution in [2.24, 2.45) is 0 Å². The van der Waals surface area contributed by atoms with E-state index in [1.807, 2.05) is 53.0 Å². The Balaban J connectivity index is 1.45. The van der Waals surface area contributed by atoms with Gasteiger partial charge in [0.25, 0.3) is 5.91 Å². The number of rotatable bonds is 5. The van der Waals surface area contributed by atoms with Gasteiger partial charge >= 0.3 is 0 Å². The molecule has 0 radical (unpaired) electrons. The number of fused-ring (bicyclic) bond motifs is 1. The average Bonchev–Trinajstić information content (AvgIpc) is 3.34. The quantitative estimate of drug-likeness (QED) is 0.706. The first kappa shape index (κ1) is 16.7. The van der Waals surface area contributed by atoms with E-state index >= 15 is 0 Å². The molecule has 1 atom stereocenters. The second kappa shape index (κ2) is 7.21. The van der Waals surface area contributed by atoms with E-state index in [0.717, 1.165) is 23.0 Å². The van der Waals surface area contributed by atoms with E-state index in [0.29, 0.717) is 32.0 Å². The lowest BCUT2D eigenvalue weighted by molar-refractivity contribution is 0.0781. The van der Waals surface area contributed by atoms with Gasteiger partial charge in [-0.3, -0.25) is 4.79 Å². The third kappa shape index (κ3) is 3.30. The van der Waals surface area contributed by atoms with Crippen LogP contribution in [0, 0.1) is 0 Å². The van der Waals surface area contributed by atoms with Crippen LogP contribution in [-0.2, 0) is 11.3 Å². The summed E-state index contributed by atoms with van der Waals surface area (Å²) >= 11 is 0. The molecule has 1 aliphatic rings. The van der Waals surface area contributed by atoms with Crippen LogP contribution >= 0.6 is 0 Å². The molecule has 7 nitrogen and oxygen atoms in total. The fourth-order valence-corrected chi connectivity index (χ4v) is 3.25. The molecule has 7 heteroatoms. The molecule has 0 N–H and O–H groups in total. The second-order valence-corrected chi connectivity index (χ2v) is 6.41. The van der Waals surface area contributed by atoms with Gasteiger partial charge in [-0.25, -0.2) is 9.67 Å². The van der Waals surface area contributed by atoms with Gasteiger partial charge < -0.3 is 9.64 Å². The molecular formula is C19H21N5O2. The van der Waals surface area contributed by atoms with Gasteiger partial charge in [-0.15, -0.1) is 5.10 Å². The lowest BCUT2D eigenvalue weighted by atomic mass is 10.2. The number of para-hydroxylation sites is 1. The topological polar surface area (TPSA) is 73.1 Å². The van der Waals surface area contributed by atoms with E-state index in [1.165, 1.54) is 0 Å². The van der Waals surface area contributed by atoms with Crippen molar-refractivity contribution < 1.29 is 9.53 Å². The molecule has 1 aliphatic heterocycles. The minimum absolute atomic E-state index is 0.0343. The van der Waals surface area contributed by atoms with Crippen molar-refractivity contribution in [3.8, 4) is 0 Å². The summed E-state index contributed by atoms with van der Waals surface area (Å²) in [6.45, 7) is 4.37. The normalized spacial score (nSPS) is 17.1. The summed E-state index contributed by atoms with van der Waals surface area (Å²) in [5.41, 5.74) is 2.14. The lowest BCUT2D eigenvalue weighted by Crippen LogP contribution is -2.29. The van der Waals surface area contributed by atoms with E-state index < -0.39 is 0 Å². The molecule has 2 aromatic heterocycles. The zero-order valence-corrected chi connectivity index (χ0v) is 14.7. The Morgan fingerprint density at radius 3 is 3.04 bits per heavy atom. The van der Waals surface area contributed by atoms with Crippen molar-refractivity contribution in [2.45, 2.75) is 26.0 Å². The fourth-order valence-electron chi connectivity index (χ4n) is 3.25. The monoisotopic (exact) mass is 351 g/mol. The number of benzene rings is 1. The molecule has 1 unspecified atom stereocenters. The molecular weight excluding hydrogens is 330 g/mol. The van der Waals surface area contributed by atoms with Gasteiger partial charge in [0.1, 0.15) is 11.4 Å². The van der Waals surface area contributed by atoms with Crippen LogP contribution in [0.25, 0.3) is 10.9 Å². The van der Waals surface area contributed by atoms with Crippen LogP contribution in [0.3, 0.4) is 0 Å². The van der Waals surface area contributed by atoms with Gasteiger partial charge in [0.15, 0.2) is 0 Å². The molecule has 1 saturated heterocycles. The van der Waals surface area contributed by atoms with Crippen molar-refractivity contribution >= 4 is 16.8 Å². The van der Waals surface area contributed by atoms with Crippen molar-refractivity contribution in [2.75, 3.05) is 19.7 Å². The van der Waals surface area contributed by atoms with Crippen LogP contribution in [0.1, 0.15) is 35.6 Å². The third-order valence-corrected chi connectivity index (χ3v) is 4.65. The third-order valence-electron chi connectivity index (χ3n) is 4.65. The van der Waals surface area contributed by atoms with Gasteiger partial charge in [0, 0.05) is 25.1 Å². The lowest BCUT2D eigenvalue weighted by Gasteiger charge is -2.16. The largest absolute Gasteiger partial charge is 0.375 e. The maximum atomic E-state index is 12.8. The standard InChI is InChI=1S/C19H21N5O2/c1-2-26-13-15-11-24(22-21-15)16-9-10-23(12-16)19(25)18-8-7-14-5-3-4-6-17(14)20-18/h3-8,11,16H,2,9-10,12-13H2,1H3. The number of aromatic nitrogens is 4. The molecule has 26 heavy (non-hydrogen) atoms. The molecule has 3 heterocycles. The molecule has 4 rings (SSSR count). The Hall–Kier alpha value is -2.80. The van der Waals surface area contributed by atoms with Crippen LogP contribution in [0.2, 0.25) is 0 Å². The predicted octanol–water partition coefficient (Wildman–Crippen LogP) is 2.45. The summed E-state index contributed by atoms with van der Waals surface area (Å²) in [7, 11) is 0. The highest BCUT2D eigenvalue weighted by molar-refractivity contribution is 5.95. The highest BCUT2D eigenvalue weighted by Crippen LogP contribution is 2.23. The van der Waals surface area contributed by atoms with Crippen LogP contribution in [0.5, 0.6) is 0 Å². The van der Waals surface area contributed by atoms with Gasteiger partial charge in [-0.05, 0) is 25.5 Å². The maximum Gasteiger partial charge on any atom is 0.272 e. The summed E-state index contributed by atoms with van der Waals surface area (Å²) in [5.74, 6) is -0.0343. The second-order valence-electron chi connectivity index (χ2n) is 6.41. The number of carbonyl (C=O) groups excluding carboxylic acids is 1.